The molecule has 0 aliphatic rings. The number of aryl methyl sites for hydroxylation is 1. The summed E-state index contributed by atoms with van der Waals surface area (Å²) >= 11 is 0. The minimum atomic E-state index is -0.938. The van der Waals surface area contributed by atoms with E-state index in [0.717, 1.165) is 42.1 Å². The van der Waals surface area contributed by atoms with E-state index < -0.39 is 23.5 Å². The molecule has 39 heavy (non-hydrogen) atoms. The van der Waals surface area contributed by atoms with E-state index in [1.54, 1.807) is 7.11 Å². The lowest BCUT2D eigenvalue weighted by Crippen LogP contribution is -2.47. The third-order valence-electron chi connectivity index (χ3n) is 7.86. The standard InChI is InChI=1S/C30H50N4O5/c1-7-8-12-30(4,5)29(38)32-19-27(35)25(31)16-23(20(2)3)24(17-28(36)37)21-10-11-22-18-33-34(26(22)15-21)13-9-14-39-6/h10-11,15,18,20,23-25,27,35H,7-9,12-14,16-17,19,31H2,1-6H3,(H,32,38)(H,36,37)/t23-,24?,25-,27-/m0/s1. The number of unbranched alkanes of at least 4 members (excludes halogenated alkanes) is 1. The molecule has 0 radical (unpaired) electrons. The highest BCUT2D eigenvalue weighted by atomic mass is 16.5. The van der Waals surface area contributed by atoms with E-state index in [-0.39, 0.29) is 36.6 Å². The fourth-order valence-corrected chi connectivity index (χ4v) is 5.25. The quantitative estimate of drug-likeness (QED) is 0.204. The Bertz CT molecular complexity index is 1050. The van der Waals surface area contributed by atoms with Crippen molar-refractivity contribution in [1.29, 1.82) is 0 Å². The smallest absolute Gasteiger partial charge is 0.303 e. The first-order valence-corrected chi connectivity index (χ1v) is 14.3. The van der Waals surface area contributed by atoms with Crippen molar-refractivity contribution >= 4 is 22.8 Å². The van der Waals surface area contributed by atoms with Crippen LogP contribution in [0.3, 0.4) is 0 Å². The predicted molar refractivity (Wildman–Crippen MR) is 154 cm³/mol. The van der Waals surface area contributed by atoms with Crippen LogP contribution < -0.4 is 11.1 Å². The van der Waals surface area contributed by atoms with Crippen LogP contribution in [0.2, 0.25) is 0 Å². The third-order valence-corrected chi connectivity index (χ3v) is 7.86. The zero-order valence-corrected chi connectivity index (χ0v) is 24.7. The fraction of sp³-hybridized carbons (Fsp3) is 0.700. The van der Waals surface area contributed by atoms with Crippen molar-refractivity contribution in [1.82, 2.24) is 15.1 Å². The van der Waals surface area contributed by atoms with Crippen molar-refractivity contribution in [2.45, 2.75) is 97.8 Å². The Balaban J connectivity index is 2.21. The number of methoxy groups -OCH3 is 1. The fourth-order valence-electron chi connectivity index (χ4n) is 5.25. The highest BCUT2D eigenvalue weighted by Crippen LogP contribution is 2.38. The number of amides is 1. The number of nitrogens with two attached hydrogens (primary N) is 1. The minimum absolute atomic E-state index is 0.0443. The van der Waals surface area contributed by atoms with Crippen LogP contribution >= 0.6 is 0 Å². The van der Waals surface area contributed by atoms with Gasteiger partial charge in [0.05, 0.1) is 24.2 Å². The van der Waals surface area contributed by atoms with Crippen LogP contribution in [0.1, 0.15) is 84.6 Å². The molecule has 0 bridgehead atoms. The van der Waals surface area contributed by atoms with Gasteiger partial charge in [0, 0.05) is 43.6 Å². The Morgan fingerprint density at radius 1 is 1.23 bits per heavy atom. The summed E-state index contributed by atoms with van der Waals surface area (Å²) in [6.45, 7) is 11.4. The van der Waals surface area contributed by atoms with Crippen molar-refractivity contribution < 1.29 is 24.5 Å². The number of nitrogens with zero attached hydrogens (tertiary/aromatic N) is 2. The maximum Gasteiger partial charge on any atom is 0.303 e. The number of carboxylic acids is 1. The SMILES string of the molecule is CCCCC(C)(C)C(=O)NC[C@H](O)[C@@H](N)C[C@@H](C(C)C)C(CC(=O)O)c1ccc2cnn(CCCOC)c2c1. The second kappa shape index (κ2) is 15.3. The van der Waals surface area contributed by atoms with Crippen LogP contribution in [-0.4, -0.2) is 64.3 Å². The molecule has 2 rings (SSSR count). The Labute approximate surface area is 233 Å². The molecule has 0 saturated heterocycles. The maximum absolute atomic E-state index is 12.7. The molecule has 0 aliphatic heterocycles. The number of carbonyl (C=O) groups is 2. The summed E-state index contributed by atoms with van der Waals surface area (Å²) in [5, 5.41) is 29.0. The maximum atomic E-state index is 12.7. The van der Waals surface area contributed by atoms with Crippen LogP contribution in [0.25, 0.3) is 10.9 Å². The van der Waals surface area contributed by atoms with Gasteiger partial charge in [-0.15, -0.1) is 0 Å². The van der Waals surface area contributed by atoms with Gasteiger partial charge >= 0.3 is 5.97 Å². The van der Waals surface area contributed by atoms with Gasteiger partial charge in [-0.1, -0.05) is 59.6 Å². The molecule has 220 valence electrons. The summed E-state index contributed by atoms with van der Waals surface area (Å²) in [4.78, 5) is 24.7. The molecule has 9 nitrogen and oxygen atoms in total. The van der Waals surface area contributed by atoms with E-state index in [9.17, 15) is 19.8 Å². The molecule has 0 aliphatic carbocycles. The molecule has 1 amide bonds. The Hall–Kier alpha value is -2.49. The molecule has 2 aromatic rings. The summed E-state index contributed by atoms with van der Waals surface area (Å²) < 4.78 is 7.10. The number of benzene rings is 1. The average Bonchev–Trinajstić information content (AvgIpc) is 3.29. The van der Waals surface area contributed by atoms with Crippen molar-refractivity contribution in [3.8, 4) is 0 Å². The second-order valence-electron chi connectivity index (χ2n) is 11.8. The van der Waals surface area contributed by atoms with Gasteiger partial charge in [-0.3, -0.25) is 14.3 Å². The van der Waals surface area contributed by atoms with Gasteiger partial charge in [0.15, 0.2) is 0 Å². The normalized spacial score (nSPS) is 15.3. The van der Waals surface area contributed by atoms with E-state index in [2.05, 4.69) is 31.2 Å². The van der Waals surface area contributed by atoms with Crippen molar-refractivity contribution in [3.63, 3.8) is 0 Å². The summed E-state index contributed by atoms with van der Waals surface area (Å²) in [5.41, 5.74) is 7.84. The summed E-state index contributed by atoms with van der Waals surface area (Å²) in [7, 11) is 1.67. The number of nitrogens with one attached hydrogen (secondary N) is 1. The zero-order valence-electron chi connectivity index (χ0n) is 24.7. The van der Waals surface area contributed by atoms with Gasteiger partial charge in [0.1, 0.15) is 0 Å². The van der Waals surface area contributed by atoms with Gasteiger partial charge in [-0.2, -0.15) is 5.10 Å². The Morgan fingerprint density at radius 2 is 1.95 bits per heavy atom. The molecule has 5 N–H and O–H groups in total. The number of aliphatic carboxylic acids is 1. The minimum Gasteiger partial charge on any atom is -0.481 e. The first-order chi connectivity index (χ1) is 18.4. The van der Waals surface area contributed by atoms with E-state index >= 15 is 0 Å². The van der Waals surface area contributed by atoms with E-state index in [4.69, 9.17) is 10.5 Å². The lowest BCUT2D eigenvalue weighted by molar-refractivity contribution is -0.138. The summed E-state index contributed by atoms with van der Waals surface area (Å²) in [6, 6.07) is 5.39. The lowest BCUT2D eigenvalue weighted by Gasteiger charge is -2.33. The van der Waals surface area contributed by atoms with Crippen LogP contribution in [0.5, 0.6) is 0 Å². The number of ether oxygens (including phenoxy) is 1. The monoisotopic (exact) mass is 546 g/mol. The van der Waals surface area contributed by atoms with Gasteiger partial charge < -0.3 is 26.0 Å². The largest absolute Gasteiger partial charge is 0.481 e. The number of rotatable bonds is 18. The summed E-state index contributed by atoms with van der Waals surface area (Å²) in [5.74, 6) is -1.24. The van der Waals surface area contributed by atoms with E-state index in [1.807, 2.05) is 42.9 Å². The van der Waals surface area contributed by atoms with Crippen LogP contribution in [0.4, 0.5) is 0 Å². The molecule has 1 unspecified atom stereocenters. The highest BCUT2D eigenvalue weighted by molar-refractivity contribution is 5.81. The van der Waals surface area contributed by atoms with Crippen molar-refractivity contribution in [2.75, 3.05) is 20.3 Å². The van der Waals surface area contributed by atoms with Gasteiger partial charge in [-0.05, 0) is 48.6 Å². The van der Waals surface area contributed by atoms with Crippen LogP contribution in [0, 0.1) is 17.3 Å². The Morgan fingerprint density at radius 3 is 2.56 bits per heavy atom. The number of aromatic nitrogens is 2. The number of carbonyl (C=O) groups excluding carboxylic acids is 1. The second-order valence-corrected chi connectivity index (χ2v) is 11.8. The summed E-state index contributed by atoms with van der Waals surface area (Å²) in [6.07, 6.45) is 4.84. The molecule has 0 fully saturated rings. The number of aliphatic hydroxyl groups excluding tert-OH is 1. The number of carboxylic acid groups (broad SMARTS) is 1. The van der Waals surface area contributed by atoms with Gasteiger partial charge in [-0.25, -0.2) is 0 Å². The predicted octanol–water partition coefficient (Wildman–Crippen LogP) is 4.31. The van der Waals surface area contributed by atoms with Crippen LogP contribution in [0.15, 0.2) is 24.4 Å². The topological polar surface area (TPSA) is 140 Å². The van der Waals surface area contributed by atoms with Gasteiger partial charge in [0.2, 0.25) is 5.91 Å². The third kappa shape index (κ3) is 9.58. The first-order valence-electron chi connectivity index (χ1n) is 14.3. The van der Waals surface area contributed by atoms with E-state index in [0.29, 0.717) is 19.6 Å². The molecule has 1 aromatic heterocycles. The molecule has 4 atom stereocenters. The van der Waals surface area contributed by atoms with Crippen LogP contribution in [-0.2, 0) is 20.9 Å². The number of fused-ring (bicyclic) bond motifs is 1. The average molecular weight is 547 g/mol. The molecule has 0 spiro atoms. The molecule has 9 heteroatoms. The molecule has 1 aromatic carbocycles. The van der Waals surface area contributed by atoms with Gasteiger partial charge in [0.25, 0.3) is 0 Å². The molecular weight excluding hydrogens is 496 g/mol. The molecular formula is C30H50N4O5. The molecule has 0 saturated carbocycles. The zero-order chi connectivity index (χ0) is 29.2. The first kappa shape index (κ1) is 32.7. The lowest BCUT2D eigenvalue weighted by atomic mass is 9.73. The Kier molecular flexibility index (Phi) is 12.9. The molecule has 1 heterocycles. The van der Waals surface area contributed by atoms with Crippen molar-refractivity contribution in [3.05, 3.63) is 30.0 Å². The van der Waals surface area contributed by atoms with Crippen molar-refractivity contribution in [2.24, 2.45) is 23.0 Å². The number of aliphatic hydroxyl groups is 1. The number of hydrogen-bond donors (Lipinski definition) is 4. The van der Waals surface area contributed by atoms with E-state index in [1.165, 1.54) is 0 Å². The number of hydrogen-bond acceptors (Lipinski definition) is 6. The highest BCUT2D eigenvalue weighted by Gasteiger charge is 2.33.